The van der Waals surface area contributed by atoms with Crippen LogP contribution in [0.15, 0.2) is 5.11 Å². The summed E-state index contributed by atoms with van der Waals surface area (Å²) in [6.07, 6.45) is -2.11. The van der Waals surface area contributed by atoms with Gasteiger partial charge >= 0.3 is 6.03 Å². The number of aliphatic hydroxyl groups is 1. The van der Waals surface area contributed by atoms with E-state index in [1.807, 2.05) is 0 Å². The van der Waals surface area contributed by atoms with E-state index >= 15 is 0 Å². The van der Waals surface area contributed by atoms with Crippen LogP contribution in [0.1, 0.15) is 6.42 Å². The summed E-state index contributed by atoms with van der Waals surface area (Å²) < 4.78 is 10.6. The minimum absolute atomic E-state index is 0.218. The van der Waals surface area contributed by atoms with Gasteiger partial charge in [0, 0.05) is 18.4 Å². The zero-order chi connectivity index (χ0) is 15.6. The minimum atomic E-state index is -0.891. The van der Waals surface area contributed by atoms with Crippen molar-refractivity contribution in [3.8, 4) is 0 Å². The number of halogens is 1. The summed E-state index contributed by atoms with van der Waals surface area (Å²) in [5.74, 6) is -0.552. The van der Waals surface area contributed by atoms with Crippen LogP contribution in [0.3, 0.4) is 0 Å². The van der Waals surface area contributed by atoms with Crippen LogP contribution in [-0.2, 0) is 14.3 Å². The number of aliphatic hydroxyl groups excluding tert-OH is 1. The number of methoxy groups -OCH3 is 1. The summed E-state index contributed by atoms with van der Waals surface area (Å²) in [5, 5.41) is 14.9. The summed E-state index contributed by atoms with van der Waals surface area (Å²) in [6.45, 7) is -0.338. The van der Waals surface area contributed by atoms with Gasteiger partial charge in [0.1, 0.15) is 11.2 Å². The number of alkyl halides is 1. The van der Waals surface area contributed by atoms with Crippen molar-refractivity contribution in [2.75, 3.05) is 13.7 Å². The first kappa shape index (κ1) is 16.0. The van der Waals surface area contributed by atoms with E-state index in [1.54, 1.807) is 0 Å². The third-order valence-electron chi connectivity index (χ3n) is 3.39. The van der Waals surface area contributed by atoms with Crippen molar-refractivity contribution in [3.63, 3.8) is 0 Å². The summed E-state index contributed by atoms with van der Waals surface area (Å²) in [6, 6.07) is -1.23. The molecule has 0 aromatic heterocycles. The molecule has 116 valence electrons. The van der Waals surface area contributed by atoms with E-state index in [2.05, 4.69) is 31.3 Å². The normalized spacial score (nSPS) is 36.3. The average Bonchev–Trinajstić information content (AvgIpc) is 2.82. The van der Waals surface area contributed by atoms with Crippen LogP contribution in [0.25, 0.3) is 10.4 Å². The van der Waals surface area contributed by atoms with Gasteiger partial charge in [-0.05, 0) is 5.53 Å². The molecule has 2 aliphatic heterocycles. The fourth-order valence-electron chi connectivity index (χ4n) is 2.37. The highest BCUT2D eigenvalue weighted by Gasteiger charge is 2.48. The SMILES string of the molecule is CO[C@H]1C(=O)NC(=O)N([C@H]2C[C@H](N=[N+]=[N-])[C@@H](CO)O2)[C@H]1Br. The maximum Gasteiger partial charge on any atom is 0.327 e. The first-order valence-electron chi connectivity index (χ1n) is 6.14. The lowest BCUT2D eigenvalue weighted by atomic mass is 10.1. The first-order chi connectivity index (χ1) is 10.0. The van der Waals surface area contributed by atoms with Gasteiger partial charge in [0.2, 0.25) is 0 Å². The Hall–Kier alpha value is -1.39. The van der Waals surface area contributed by atoms with Gasteiger partial charge in [-0.2, -0.15) is 0 Å². The van der Waals surface area contributed by atoms with Gasteiger partial charge in [-0.25, -0.2) is 4.79 Å². The minimum Gasteiger partial charge on any atom is -0.394 e. The van der Waals surface area contributed by atoms with Gasteiger partial charge in [0.25, 0.3) is 5.91 Å². The summed E-state index contributed by atoms with van der Waals surface area (Å²) >= 11 is 3.25. The van der Waals surface area contributed by atoms with Crippen LogP contribution in [0.5, 0.6) is 0 Å². The molecule has 21 heavy (non-hydrogen) atoms. The van der Waals surface area contributed by atoms with Crippen molar-refractivity contribution >= 4 is 27.9 Å². The molecule has 3 amide bonds. The number of nitrogens with zero attached hydrogens (tertiary/aromatic N) is 4. The maximum atomic E-state index is 12.0. The number of urea groups is 1. The highest BCUT2D eigenvalue weighted by molar-refractivity contribution is 9.09. The van der Waals surface area contributed by atoms with Crippen molar-refractivity contribution in [2.45, 2.75) is 35.8 Å². The quantitative estimate of drug-likeness (QED) is 0.239. The molecule has 2 heterocycles. The number of azide groups is 1. The second kappa shape index (κ2) is 6.58. The number of carbonyl (C=O) groups is 2. The highest BCUT2D eigenvalue weighted by Crippen LogP contribution is 2.31. The molecule has 0 spiro atoms. The maximum absolute atomic E-state index is 12.0. The average molecular weight is 364 g/mol. The van der Waals surface area contributed by atoms with Crippen molar-refractivity contribution < 1.29 is 24.2 Å². The third kappa shape index (κ3) is 2.97. The van der Waals surface area contributed by atoms with Gasteiger partial charge in [-0.3, -0.25) is 15.0 Å². The monoisotopic (exact) mass is 363 g/mol. The molecule has 2 rings (SSSR count). The topological polar surface area (TPSA) is 137 Å². The van der Waals surface area contributed by atoms with E-state index in [0.29, 0.717) is 0 Å². The van der Waals surface area contributed by atoms with E-state index < -0.39 is 41.4 Å². The molecule has 0 unspecified atom stereocenters. The molecule has 0 bridgehead atoms. The molecule has 2 aliphatic rings. The van der Waals surface area contributed by atoms with Crippen LogP contribution >= 0.6 is 15.9 Å². The van der Waals surface area contributed by atoms with Crippen LogP contribution < -0.4 is 5.32 Å². The van der Waals surface area contributed by atoms with Gasteiger partial charge in [-0.15, -0.1) is 0 Å². The lowest BCUT2D eigenvalue weighted by Gasteiger charge is -2.39. The smallest absolute Gasteiger partial charge is 0.327 e. The Bertz CT molecular complexity index is 484. The molecule has 11 heteroatoms. The van der Waals surface area contributed by atoms with Crippen molar-refractivity contribution in [1.29, 1.82) is 0 Å². The predicted molar refractivity (Wildman–Crippen MR) is 72.2 cm³/mol. The standard InChI is InChI=1S/C10H14BrN5O5/c1-20-7-8(11)16(10(19)13-9(7)18)6-2-4(14-15-12)5(3-17)21-6/h4-8,17H,2-3H2,1H3,(H,13,18,19)/t4-,5+,6+,7+,8+/m0/s1. The lowest BCUT2D eigenvalue weighted by molar-refractivity contribution is -0.138. The van der Waals surface area contributed by atoms with E-state index in [9.17, 15) is 14.7 Å². The van der Waals surface area contributed by atoms with Crippen LogP contribution in [0, 0.1) is 0 Å². The Morgan fingerprint density at radius 3 is 2.95 bits per heavy atom. The van der Waals surface area contributed by atoms with E-state index in [1.165, 1.54) is 12.0 Å². The number of rotatable bonds is 4. The van der Waals surface area contributed by atoms with Crippen LogP contribution in [0.2, 0.25) is 0 Å². The Kier molecular flexibility index (Phi) is 5.01. The fourth-order valence-corrected chi connectivity index (χ4v) is 3.28. The van der Waals surface area contributed by atoms with Gasteiger partial charge in [-0.1, -0.05) is 21.0 Å². The zero-order valence-electron chi connectivity index (χ0n) is 11.0. The molecule has 2 fully saturated rings. The van der Waals surface area contributed by atoms with Crippen LogP contribution in [-0.4, -0.2) is 65.1 Å². The largest absolute Gasteiger partial charge is 0.394 e. The van der Waals surface area contributed by atoms with E-state index in [-0.39, 0.29) is 13.0 Å². The van der Waals surface area contributed by atoms with Gasteiger partial charge in [0.05, 0.1) is 18.8 Å². The Balaban J connectivity index is 2.18. The summed E-state index contributed by atoms with van der Waals surface area (Å²) in [4.78, 5) is 26.9. The second-order valence-corrected chi connectivity index (χ2v) is 5.49. The van der Waals surface area contributed by atoms with Crippen molar-refractivity contribution in [3.05, 3.63) is 10.4 Å². The first-order valence-corrected chi connectivity index (χ1v) is 7.05. The Morgan fingerprint density at radius 1 is 1.67 bits per heavy atom. The summed E-state index contributed by atoms with van der Waals surface area (Å²) in [7, 11) is 1.35. The number of carbonyl (C=O) groups excluding carboxylic acids is 2. The molecule has 0 aromatic carbocycles. The summed E-state index contributed by atoms with van der Waals surface area (Å²) in [5.41, 5.74) is 8.51. The highest BCUT2D eigenvalue weighted by atomic mass is 79.9. The van der Waals surface area contributed by atoms with E-state index in [4.69, 9.17) is 15.0 Å². The van der Waals surface area contributed by atoms with Crippen molar-refractivity contribution in [1.82, 2.24) is 10.2 Å². The van der Waals surface area contributed by atoms with Gasteiger partial charge < -0.3 is 14.6 Å². The molecule has 10 nitrogen and oxygen atoms in total. The molecule has 5 atom stereocenters. The second-order valence-electron chi connectivity index (χ2n) is 4.55. The van der Waals surface area contributed by atoms with Crippen LogP contribution in [0.4, 0.5) is 4.79 Å². The number of hydrogen-bond donors (Lipinski definition) is 2. The molecule has 0 aliphatic carbocycles. The molecular weight excluding hydrogens is 350 g/mol. The molecule has 2 saturated heterocycles. The number of nitrogens with one attached hydrogen (secondary N) is 1. The number of imide groups is 1. The number of hydrogen-bond acceptors (Lipinski definition) is 6. The number of amides is 3. The molecule has 0 aromatic rings. The fraction of sp³-hybridized carbons (Fsp3) is 0.800. The van der Waals surface area contributed by atoms with Gasteiger partial charge in [0.15, 0.2) is 6.10 Å². The Morgan fingerprint density at radius 2 is 2.38 bits per heavy atom. The Labute approximate surface area is 128 Å². The molecule has 0 saturated carbocycles. The van der Waals surface area contributed by atoms with Crippen molar-refractivity contribution in [2.24, 2.45) is 5.11 Å². The molecule has 2 N–H and O–H groups in total. The molecular formula is C10H14BrN5O5. The third-order valence-corrected chi connectivity index (χ3v) is 4.31. The lowest BCUT2D eigenvalue weighted by Crippen LogP contribution is -2.63. The zero-order valence-corrected chi connectivity index (χ0v) is 12.6. The predicted octanol–water partition coefficient (Wildman–Crippen LogP) is 0.0604. The number of ether oxygens (including phenoxy) is 2. The van der Waals surface area contributed by atoms with E-state index in [0.717, 1.165) is 0 Å². The molecule has 0 radical (unpaired) electrons.